The molecule has 0 bridgehead atoms. The number of benzene rings is 2. The van der Waals surface area contributed by atoms with Crippen LogP contribution in [-0.4, -0.2) is 50.1 Å². The Kier molecular flexibility index (Phi) is 4.52. The van der Waals surface area contributed by atoms with Crippen molar-refractivity contribution in [3.05, 3.63) is 54.7 Å². The summed E-state index contributed by atoms with van der Waals surface area (Å²) in [5.74, 6) is 1.71. The Hall–Kier alpha value is -2.84. The first-order chi connectivity index (χ1) is 14.1. The molecule has 2 aromatic carbocycles. The highest BCUT2D eigenvalue weighted by Gasteiger charge is 2.34. The molecule has 0 aliphatic carbocycles. The van der Waals surface area contributed by atoms with E-state index in [9.17, 15) is 8.42 Å². The van der Waals surface area contributed by atoms with Crippen molar-refractivity contribution in [2.24, 2.45) is 0 Å². The summed E-state index contributed by atoms with van der Waals surface area (Å²) in [5.41, 5.74) is 0.781. The fraction of sp³-hybridized carbons (Fsp3) is 0.286. The van der Waals surface area contributed by atoms with Gasteiger partial charge in [-0.3, -0.25) is 4.98 Å². The van der Waals surface area contributed by atoms with Crippen molar-refractivity contribution >= 4 is 20.9 Å². The van der Waals surface area contributed by atoms with Crippen molar-refractivity contribution in [1.82, 2.24) is 9.29 Å². The molecule has 29 heavy (non-hydrogen) atoms. The topological polar surface area (TPSA) is 78.0 Å². The van der Waals surface area contributed by atoms with Gasteiger partial charge in [0.15, 0.2) is 11.5 Å². The Labute approximate surface area is 168 Å². The molecule has 2 aliphatic rings. The minimum atomic E-state index is -3.64. The third-order valence-electron chi connectivity index (χ3n) is 5.15. The summed E-state index contributed by atoms with van der Waals surface area (Å²) < 4.78 is 44.8. The van der Waals surface area contributed by atoms with Crippen LogP contribution in [-0.2, 0) is 10.0 Å². The van der Waals surface area contributed by atoms with E-state index in [4.69, 9.17) is 14.2 Å². The van der Waals surface area contributed by atoms with Gasteiger partial charge in [0, 0.05) is 24.2 Å². The first kappa shape index (κ1) is 18.2. The molecule has 8 heteroatoms. The molecule has 3 aromatic rings. The average molecular weight is 412 g/mol. The van der Waals surface area contributed by atoms with Crippen LogP contribution in [0.2, 0.25) is 0 Å². The van der Waals surface area contributed by atoms with Gasteiger partial charge in [0.1, 0.15) is 30.6 Å². The predicted molar refractivity (Wildman–Crippen MR) is 107 cm³/mol. The zero-order valence-electron chi connectivity index (χ0n) is 15.7. The third-order valence-corrected chi connectivity index (χ3v) is 7.01. The second-order valence-corrected chi connectivity index (χ2v) is 8.97. The van der Waals surface area contributed by atoms with Crippen molar-refractivity contribution in [3.63, 3.8) is 0 Å². The standard InChI is InChI=1S/C21H20N2O5S/c24-29(25,17-6-7-18-20(13-17)27-12-11-26-18)23-10-8-16(14-23)28-19-5-1-3-15-4-2-9-22-21(15)19/h1-7,9,13,16H,8,10-12,14H2/t16-/m1/s1. The Morgan fingerprint density at radius 1 is 1.03 bits per heavy atom. The normalized spacial score (nSPS) is 19.4. The first-order valence-corrected chi connectivity index (χ1v) is 11.0. The lowest BCUT2D eigenvalue weighted by Gasteiger charge is -2.21. The van der Waals surface area contributed by atoms with Gasteiger partial charge in [-0.15, -0.1) is 0 Å². The summed E-state index contributed by atoms with van der Waals surface area (Å²) >= 11 is 0. The number of para-hydroxylation sites is 1. The molecule has 0 spiro atoms. The van der Waals surface area contributed by atoms with Gasteiger partial charge in [-0.1, -0.05) is 18.2 Å². The Morgan fingerprint density at radius 2 is 1.86 bits per heavy atom. The maximum atomic E-state index is 13.1. The van der Waals surface area contributed by atoms with Crippen LogP contribution in [0.25, 0.3) is 10.9 Å². The van der Waals surface area contributed by atoms with Crippen LogP contribution in [0.4, 0.5) is 0 Å². The molecule has 0 saturated carbocycles. The minimum absolute atomic E-state index is 0.203. The van der Waals surface area contributed by atoms with E-state index in [-0.39, 0.29) is 11.0 Å². The molecule has 1 atom stereocenters. The fourth-order valence-electron chi connectivity index (χ4n) is 3.70. The van der Waals surface area contributed by atoms with Crippen molar-refractivity contribution in [3.8, 4) is 17.2 Å². The highest BCUT2D eigenvalue weighted by Crippen LogP contribution is 2.34. The average Bonchev–Trinajstić information content (AvgIpc) is 3.23. The molecular formula is C21H20N2O5S. The quantitative estimate of drug-likeness (QED) is 0.656. The second-order valence-electron chi connectivity index (χ2n) is 7.03. The summed E-state index contributed by atoms with van der Waals surface area (Å²) in [7, 11) is -3.64. The first-order valence-electron chi connectivity index (χ1n) is 9.51. The molecule has 0 amide bonds. The molecule has 2 aliphatic heterocycles. The molecule has 0 unspecified atom stereocenters. The smallest absolute Gasteiger partial charge is 0.243 e. The maximum absolute atomic E-state index is 13.1. The molecule has 1 fully saturated rings. The van der Waals surface area contributed by atoms with E-state index in [1.807, 2.05) is 30.3 Å². The maximum Gasteiger partial charge on any atom is 0.243 e. The summed E-state index contributed by atoms with van der Waals surface area (Å²) in [6.45, 7) is 1.57. The van der Waals surface area contributed by atoms with Crippen LogP contribution in [0.15, 0.2) is 59.6 Å². The zero-order chi connectivity index (χ0) is 19.8. The van der Waals surface area contributed by atoms with Gasteiger partial charge in [-0.2, -0.15) is 4.31 Å². The number of hydrogen-bond donors (Lipinski definition) is 0. The van der Waals surface area contributed by atoms with Gasteiger partial charge in [0.2, 0.25) is 10.0 Å². The second kappa shape index (κ2) is 7.20. The molecule has 0 radical (unpaired) electrons. The molecule has 1 saturated heterocycles. The van der Waals surface area contributed by atoms with E-state index in [2.05, 4.69) is 4.98 Å². The third kappa shape index (κ3) is 3.38. The van der Waals surface area contributed by atoms with Crippen LogP contribution in [0.5, 0.6) is 17.2 Å². The van der Waals surface area contributed by atoms with Gasteiger partial charge in [-0.05, 0) is 30.7 Å². The number of nitrogens with zero attached hydrogens (tertiary/aromatic N) is 2. The Morgan fingerprint density at radius 3 is 2.76 bits per heavy atom. The fourth-order valence-corrected chi connectivity index (χ4v) is 5.20. The number of rotatable bonds is 4. The zero-order valence-corrected chi connectivity index (χ0v) is 16.5. The number of ether oxygens (including phenoxy) is 3. The highest BCUT2D eigenvalue weighted by molar-refractivity contribution is 7.89. The van der Waals surface area contributed by atoms with Crippen LogP contribution in [0.3, 0.4) is 0 Å². The van der Waals surface area contributed by atoms with Gasteiger partial charge in [0.25, 0.3) is 0 Å². The Bertz CT molecular complexity index is 1160. The minimum Gasteiger partial charge on any atom is -0.487 e. The summed E-state index contributed by atoms with van der Waals surface area (Å²) in [4.78, 5) is 4.60. The van der Waals surface area contributed by atoms with Gasteiger partial charge < -0.3 is 14.2 Å². The van der Waals surface area contributed by atoms with Crippen molar-refractivity contribution in [1.29, 1.82) is 0 Å². The van der Waals surface area contributed by atoms with Crippen molar-refractivity contribution in [2.45, 2.75) is 17.4 Å². The van der Waals surface area contributed by atoms with E-state index in [0.717, 1.165) is 10.9 Å². The number of hydrogen-bond acceptors (Lipinski definition) is 6. The predicted octanol–water partition coefficient (Wildman–Crippen LogP) is 2.85. The Balaban J connectivity index is 1.35. The summed E-state index contributed by atoms with van der Waals surface area (Å²) in [6.07, 6.45) is 2.12. The largest absolute Gasteiger partial charge is 0.487 e. The van der Waals surface area contributed by atoms with Gasteiger partial charge in [-0.25, -0.2) is 8.42 Å². The van der Waals surface area contributed by atoms with E-state index < -0.39 is 10.0 Å². The molecule has 5 rings (SSSR count). The van der Waals surface area contributed by atoms with Crippen LogP contribution in [0, 0.1) is 0 Å². The van der Waals surface area contributed by atoms with E-state index in [1.54, 1.807) is 18.3 Å². The van der Waals surface area contributed by atoms with E-state index in [0.29, 0.717) is 50.0 Å². The molecule has 0 N–H and O–H groups in total. The molecule has 7 nitrogen and oxygen atoms in total. The van der Waals surface area contributed by atoms with Gasteiger partial charge in [0.05, 0.1) is 11.4 Å². The number of pyridine rings is 1. The lowest BCUT2D eigenvalue weighted by molar-refractivity contribution is 0.171. The van der Waals surface area contributed by atoms with Crippen LogP contribution >= 0.6 is 0 Å². The SMILES string of the molecule is O=S(=O)(c1ccc2c(c1)OCCO2)N1CC[C@@H](Oc2cccc3cccnc23)C1. The molecule has 1 aromatic heterocycles. The summed E-state index contributed by atoms with van der Waals surface area (Å²) in [5, 5.41) is 0.990. The van der Waals surface area contributed by atoms with Crippen molar-refractivity contribution in [2.75, 3.05) is 26.3 Å². The monoisotopic (exact) mass is 412 g/mol. The lowest BCUT2D eigenvalue weighted by Crippen LogP contribution is -2.31. The van der Waals surface area contributed by atoms with E-state index >= 15 is 0 Å². The number of fused-ring (bicyclic) bond motifs is 2. The van der Waals surface area contributed by atoms with Crippen molar-refractivity contribution < 1.29 is 22.6 Å². The molecule has 150 valence electrons. The molecular weight excluding hydrogens is 392 g/mol. The number of sulfonamides is 1. The molecule has 3 heterocycles. The van der Waals surface area contributed by atoms with E-state index in [1.165, 1.54) is 10.4 Å². The van der Waals surface area contributed by atoms with Crippen LogP contribution < -0.4 is 14.2 Å². The number of aromatic nitrogens is 1. The van der Waals surface area contributed by atoms with Gasteiger partial charge >= 0.3 is 0 Å². The highest BCUT2D eigenvalue weighted by atomic mass is 32.2. The lowest BCUT2D eigenvalue weighted by atomic mass is 10.2. The summed E-state index contributed by atoms with van der Waals surface area (Å²) in [6, 6.07) is 14.4. The van der Waals surface area contributed by atoms with Crippen LogP contribution in [0.1, 0.15) is 6.42 Å².